The Morgan fingerprint density at radius 2 is 1.88 bits per heavy atom. The second-order valence-electron chi connectivity index (χ2n) is 9.62. The van der Waals surface area contributed by atoms with Gasteiger partial charge in [0.2, 0.25) is 11.8 Å². The van der Waals surface area contributed by atoms with Crippen molar-refractivity contribution in [1.82, 2.24) is 5.32 Å². The summed E-state index contributed by atoms with van der Waals surface area (Å²) in [5.41, 5.74) is 4.61. The number of primary amides is 1. The average Bonchev–Trinajstić information content (AvgIpc) is 3.14. The van der Waals surface area contributed by atoms with Gasteiger partial charge in [-0.05, 0) is 41.2 Å². The van der Waals surface area contributed by atoms with E-state index in [0.29, 0.717) is 17.7 Å². The Hall–Kier alpha value is -2.22. The molecule has 2 aliphatic heterocycles. The molecule has 2 aromatic rings. The maximum Gasteiger partial charge on any atom is 0.237 e. The number of nitrogens with one attached hydrogen (secondary N) is 2. The van der Waals surface area contributed by atoms with Crippen LogP contribution in [0.4, 0.5) is 14.5 Å². The molecule has 0 radical (unpaired) electrons. The first-order valence-electron chi connectivity index (χ1n) is 10.2. The molecule has 2 amide bonds. The quantitative estimate of drug-likeness (QED) is 0.602. The van der Waals surface area contributed by atoms with Crippen LogP contribution < -0.4 is 16.4 Å². The van der Waals surface area contributed by atoms with E-state index in [1.54, 1.807) is 6.07 Å². The molecule has 32 heavy (non-hydrogen) atoms. The van der Waals surface area contributed by atoms with Crippen LogP contribution in [0.25, 0.3) is 0 Å². The van der Waals surface area contributed by atoms with Crippen molar-refractivity contribution in [1.29, 1.82) is 0 Å². The summed E-state index contributed by atoms with van der Waals surface area (Å²) >= 11 is 12.0. The Balaban J connectivity index is 2.06. The van der Waals surface area contributed by atoms with Gasteiger partial charge in [-0.1, -0.05) is 56.1 Å². The van der Waals surface area contributed by atoms with Crippen molar-refractivity contribution in [3.05, 3.63) is 63.1 Å². The number of fused-ring (bicyclic) bond motifs is 2. The number of hydrogen-bond donors (Lipinski definition) is 3. The minimum absolute atomic E-state index is 0.0589. The highest BCUT2D eigenvalue weighted by Gasteiger charge is 2.66. The molecule has 0 aromatic heterocycles. The zero-order valence-electron chi connectivity index (χ0n) is 17.7. The summed E-state index contributed by atoms with van der Waals surface area (Å²) in [5, 5.41) is 5.64. The second kappa shape index (κ2) is 7.68. The van der Waals surface area contributed by atoms with E-state index in [9.17, 15) is 14.0 Å². The van der Waals surface area contributed by atoms with Crippen molar-refractivity contribution in [2.75, 3.05) is 5.32 Å². The number of carbonyl (C=O) groups is 2. The molecular formula is C23H23Cl2F2N3O2. The lowest BCUT2D eigenvalue weighted by atomic mass is 9.62. The highest BCUT2D eigenvalue weighted by molar-refractivity contribution is 6.31. The SMILES string of the molecule is CC(C)(C)C[C@H]1N[C@@H](C(N)=O)[C@H](c2cccc(Cl)c2F)[C@@]12C(=O)Nc1cc(Cl)c(F)cc12. The fourth-order valence-electron chi connectivity index (χ4n) is 5.18. The maximum atomic E-state index is 15.3. The molecule has 4 N–H and O–H groups in total. The van der Waals surface area contributed by atoms with Gasteiger partial charge in [0.1, 0.15) is 17.0 Å². The first-order chi connectivity index (χ1) is 14.9. The summed E-state index contributed by atoms with van der Waals surface area (Å²) in [6.45, 7) is 5.93. The van der Waals surface area contributed by atoms with Gasteiger partial charge < -0.3 is 16.4 Å². The van der Waals surface area contributed by atoms with Crippen LogP contribution in [0.15, 0.2) is 30.3 Å². The molecular weight excluding hydrogens is 459 g/mol. The molecule has 4 rings (SSSR count). The summed E-state index contributed by atoms with van der Waals surface area (Å²) in [4.78, 5) is 26.2. The van der Waals surface area contributed by atoms with Crippen LogP contribution in [-0.2, 0) is 15.0 Å². The molecule has 170 valence electrons. The predicted octanol–water partition coefficient (Wildman–Crippen LogP) is 4.51. The molecule has 0 bridgehead atoms. The zero-order chi connectivity index (χ0) is 23.6. The van der Waals surface area contributed by atoms with Crippen LogP contribution in [-0.4, -0.2) is 23.9 Å². The van der Waals surface area contributed by atoms with Gasteiger partial charge in [-0.15, -0.1) is 0 Å². The fourth-order valence-corrected chi connectivity index (χ4v) is 5.53. The number of halogens is 4. The Morgan fingerprint density at radius 3 is 2.50 bits per heavy atom. The molecule has 1 spiro atoms. The average molecular weight is 482 g/mol. The van der Waals surface area contributed by atoms with E-state index in [2.05, 4.69) is 10.6 Å². The third kappa shape index (κ3) is 3.38. The number of anilines is 1. The van der Waals surface area contributed by atoms with Crippen molar-refractivity contribution >= 4 is 40.7 Å². The maximum absolute atomic E-state index is 15.3. The van der Waals surface area contributed by atoms with Gasteiger partial charge in [-0.2, -0.15) is 0 Å². The van der Waals surface area contributed by atoms with Gasteiger partial charge in [0.25, 0.3) is 0 Å². The zero-order valence-corrected chi connectivity index (χ0v) is 19.2. The molecule has 2 aliphatic rings. The van der Waals surface area contributed by atoms with Crippen molar-refractivity contribution in [2.45, 2.75) is 50.6 Å². The van der Waals surface area contributed by atoms with E-state index >= 15 is 4.39 Å². The summed E-state index contributed by atoms with van der Waals surface area (Å²) < 4.78 is 30.0. The lowest BCUT2D eigenvalue weighted by Gasteiger charge is -2.37. The highest BCUT2D eigenvalue weighted by Crippen LogP contribution is 2.57. The van der Waals surface area contributed by atoms with E-state index in [1.807, 2.05) is 20.8 Å². The molecule has 4 atom stereocenters. The Labute approximate surface area is 194 Å². The van der Waals surface area contributed by atoms with Crippen molar-refractivity contribution < 1.29 is 18.4 Å². The lowest BCUT2D eigenvalue weighted by molar-refractivity contribution is -0.122. The fraction of sp³-hybridized carbons (Fsp3) is 0.391. The van der Waals surface area contributed by atoms with Crippen molar-refractivity contribution in [2.24, 2.45) is 11.1 Å². The Morgan fingerprint density at radius 1 is 1.19 bits per heavy atom. The van der Waals surface area contributed by atoms with Gasteiger partial charge in [0, 0.05) is 17.6 Å². The number of nitrogens with two attached hydrogens (primary N) is 1. The summed E-state index contributed by atoms with van der Waals surface area (Å²) in [7, 11) is 0. The van der Waals surface area contributed by atoms with Crippen LogP contribution in [0.3, 0.4) is 0 Å². The number of amides is 2. The molecule has 5 nitrogen and oxygen atoms in total. The third-order valence-electron chi connectivity index (χ3n) is 6.32. The smallest absolute Gasteiger partial charge is 0.237 e. The third-order valence-corrected chi connectivity index (χ3v) is 6.91. The van der Waals surface area contributed by atoms with E-state index in [-0.39, 0.29) is 21.0 Å². The predicted molar refractivity (Wildman–Crippen MR) is 120 cm³/mol. The summed E-state index contributed by atoms with van der Waals surface area (Å²) in [6, 6.07) is 5.17. The van der Waals surface area contributed by atoms with E-state index < -0.39 is 46.9 Å². The summed E-state index contributed by atoms with van der Waals surface area (Å²) in [5.74, 6) is -3.76. The molecule has 0 aliphatic carbocycles. The standard InChI is InChI=1S/C23H23Cl2F2N3O2/c1-22(2,3)9-16-23(11-7-14(26)13(25)8-15(11)29-21(23)32)17(19(30-16)20(28)31)10-5-4-6-12(24)18(10)27/h4-8,16-17,19,30H,9H2,1-3H3,(H2,28,31)(H,29,32)/t16-,17+,19-,23+/m1/s1. The number of benzene rings is 2. The monoisotopic (exact) mass is 481 g/mol. The lowest BCUT2D eigenvalue weighted by Crippen LogP contribution is -2.49. The van der Waals surface area contributed by atoms with Gasteiger partial charge in [0.15, 0.2) is 0 Å². The first-order valence-corrected chi connectivity index (χ1v) is 10.9. The van der Waals surface area contributed by atoms with E-state index in [0.717, 1.165) is 0 Å². The van der Waals surface area contributed by atoms with E-state index in [4.69, 9.17) is 28.9 Å². The van der Waals surface area contributed by atoms with Crippen LogP contribution >= 0.6 is 23.2 Å². The van der Waals surface area contributed by atoms with Gasteiger partial charge in [0.05, 0.1) is 16.1 Å². The molecule has 2 heterocycles. The topological polar surface area (TPSA) is 84.2 Å². The second-order valence-corrected chi connectivity index (χ2v) is 10.4. The van der Waals surface area contributed by atoms with Crippen LogP contribution in [0, 0.1) is 17.0 Å². The minimum Gasteiger partial charge on any atom is -0.368 e. The van der Waals surface area contributed by atoms with Gasteiger partial charge in [-0.25, -0.2) is 8.78 Å². The van der Waals surface area contributed by atoms with Crippen LogP contribution in [0.2, 0.25) is 10.0 Å². The number of carbonyl (C=O) groups excluding carboxylic acids is 2. The Bertz CT molecular complexity index is 1130. The highest BCUT2D eigenvalue weighted by atomic mass is 35.5. The largest absolute Gasteiger partial charge is 0.368 e. The number of rotatable bonds is 3. The normalized spacial score (nSPS) is 27.0. The van der Waals surface area contributed by atoms with Crippen LogP contribution in [0.5, 0.6) is 0 Å². The van der Waals surface area contributed by atoms with Gasteiger partial charge >= 0.3 is 0 Å². The molecule has 1 fully saturated rings. The molecule has 1 saturated heterocycles. The van der Waals surface area contributed by atoms with E-state index in [1.165, 1.54) is 24.3 Å². The van der Waals surface area contributed by atoms with Crippen LogP contribution in [0.1, 0.15) is 44.2 Å². The molecule has 0 saturated carbocycles. The van der Waals surface area contributed by atoms with Crippen molar-refractivity contribution in [3.63, 3.8) is 0 Å². The molecule has 2 aromatic carbocycles. The molecule has 0 unspecified atom stereocenters. The van der Waals surface area contributed by atoms with Gasteiger partial charge in [-0.3, -0.25) is 9.59 Å². The molecule has 9 heteroatoms. The summed E-state index contributed by atoms with van der Waals surface area (Å²) in [6.07, 6.45) is 0.423. The Kier molecular flexibility index (Phi) is 5.51. The number of hydrogen-bond acceptors (Lipinski definition) is 3. The van der Waals surface area contributed by atoms with Crippen molar-refractivity contribution in [3.8, 4) is 0 Å². The first kappa shape index (κ1) is 23.0. The minimum atomic E-state index is -1.51.